The number of anilines is 1. The molecule has 0 spiro atoms. The van der Waals surface area contributed by atoms with E-state index in [1.165, 1.54) is 12.1 Å². The van der Waals surface area contributed by atoms with Gasteiger partial charge in [-0.1, -0.05) is 6.07 Å². The lowest BCUT2D eigenvalue weighted by molar-refractivity contribution is -0.137. The molecule has 0 heterocycles. The van der Waals surface area contributed by atoms with E-state index in [4.69, 9.17) is 0 Å². The SMILES string of the molecule is O=C(CS)Nc1cccc(C(F)(F)F)c1. The molecule has 1 aromatic rings. The van der Waals surface area contributed by atoms with Gasteiger partial charge in [-0.05, 0) is 18.2 Å². The maximum absolute atomic E-state index is 12.3. The van der Waals surface area contributed by atoms with E-state index in [0.717, 1.165) is 12.1 Å². The third-order valence-corrected chi connectivity index (χ3v) is 1.90. The highest BCUT2D eigenvalue weighted by atomic mass is 32.1. The van der Waals surface area contributed by atoms with Crippen molar-refractivity contribution in [3.63, 3.8) is 0 Å². The van der Waals surface area contributed by atoms with Crippen molar-refractivity contribution in [2.75, 3.05) is 11.1 Å². The molecular formula is C9H8F3NOS. The number of carbonyl (C=O) groups is 1. The molecule has 15 heavy (non-hydrogen) atoms. The van der Waals surface area contributed by atoms with Gasteiger partial charge in [-0.15, -0.1) is 0 Å². The first kappa shape index (κ1) is 11.9. The van der Waals surface area contributed by atoms with Gasteiger partial charge >= 0.3 is 6.18 Å². The molecule has 1 amide bonds. The number of benzene rings is 1. The van der Waals surface area contributed by atoms with E-state index in [9.17, 15) is 18.0 Å². The number of nitrogens with one attached hydrogen (secondary N) is 1. The van der Waals surface area contributed by atoms with E-state index in [1.807, 2.05) is 0 Å². The highest BCUT2D eigenvalue weighted by Gasteiger charge is 2.30. The zero-order chi connectivity index (χ0) is 11.5. The maximum Gasteiger partial charge on any atom is 0.416 e. The number of halogens is 3. The highest BCUT2D eigenvalue weighted by molar-refractivity contribution is 7.81. The number of alkyl halides is 3. The van der Waals surface area contributed by atoms with Crippen molar-refractivity contribution >= 4 is 24.2 Å². The normalized spacial score (nSPS) is 11.2. The Balaban J connectivity index is 2.88. The number of rotatable bonds is 2. The predicted molar refractivity (Wildman–Crippen MR) is 53.9 cm³/mol. The number of hydrogen-bond donors (Lipinski definition) is 2. The third kappa shape index (κ3) is 3.47. The number of hydrogen-bond acceptors (Lipinski definition) is 2. The summed E-state index contributed by atoms with van der Waals surface area (Å²) in [5.41, 5.74) is -0.677. The largest absolute Gasteiger partial charge is 0.416 e. The molecule has 1 aromatic carbocycles. The van der Waals surface area contributed by atoms with Crippen LogP contribution in [0.1, 0.15) is 5.56 Å². The highest BCUT2D eigenvalue weighted by Crippen LogP contribution is 2.30. The van der Waals surface area contributed by atoms with Crippen LogP contribution in [0.5, 0.6) is 0 Å². The summed E-state index contributed by atoms with van der Waals surface area (Å²) in [4.78, 5) is 10.9. The molecule has 0 fully saturated rings. The van der Waals surface area contributed by atoms with Crippen LogP contribution in [0.3, 0.4) is 0 Å². The fraction of sp³-hybridized carbons (Fsp3) is 0.222. The second kappa shape index (κ2) is 4.57. The van der Waals surface area contributed by atoms with Crippen LogP contribution >= 0.6 is 12.6 Å². The molecule has 2 nitrogen and oxygen atoms in total. The first-order valence-electron chi connectivity index (χ1n) is 4.01. The molecule has 1 rings (SSSR count). The lowest BCUT2D eigenvalue weighted by atomic mass is 10.2. The van der Waals surface area contributed by atoms with Crippen LogP contribution in [-0.2, 0) is 11.0 Å². The monoisotopic (exact) mass is 235 g/mol. The van der Waals surface area contributed by atoms with Gasteiger partial charge in [-0.2, -0.15) is 25.8 Å². The average Bonchev–Trinajstić information content (AvgIpc) is 2.17. The van der Waals surface area contributed by atoms with Gasteiger partial charge in [-0.3, -0.25) is 4.79 Å². The zero-order valence-electron chi connectivity index (χ0n) is 7.51. The van der Waals surface area contributed by atoms with E-state index < -0.39 is 17.6 Å². The summed E-state index contributed by atoms with van der Waals surface area (Å²) in [5, 5.41) is 2.29. The topological polar surface area (TPSA) is 29.1 Å². The van der Waals surface area contributed by atoms with Gasteiger partial charge < -0.3 is 5.32 Å². The number of amides is 1. The van der Waals surface area contributed by atoms with Crippen LogP contribution in [-0.4, -0.2) is 11.7 Å². The summed E-state index contributed by atoms with van der Waals surface area (Å²) in [6.45, 7) is 0. The van der Waals surface area contributed by atoms with E-state index in [-0.39, 0.29) is 11.4 Å². The molecule has 6 heteroatoms. The van der Waals surface area contributed by atoms with Crippen molar-refractivity contribution in [1.82, 2.24) is 0 Å². The minimum absolute atomic E-state index is 0.0732. The molecule has 0 unspecified atom stereocenters. The van der Waals surface area contributed by atoms with E-state index in [0.29, 0.717) is 0 Å². The number of carbonyl (C=O) groups excluding carboxylic acids is 1. The van der Waals surface area contributed by atoms with Crippen molar-refractivity contribution in [3.05, 3.63) is 29.8 Å². The third-order valence-electron chi connectivity index (χ3n) is 1.62. The van der Waals surface area contributed by atoms with Gasteiger partial charge in [0.25, 0.3) is 0 Å². The lowest BCUT2D eigenvalue weighted by Gasteiger charge is -2.08. The quantitative estimate of drug-likeness (QED) is 0.758. The summed E-state index contributed by atoms with van der Waals surface area (Å²) < 4.78 is 36.8. The Kier molecular flexibility index (Phi) is 3.62. The molecule has 0 aliphatic rings. The molecule has 0 aliphatic carbocycles. The molecule has 0 aromatic heterocycles. The van der Waals surface area contributed by atoms with Gasteiger partial charge in [-0.25, -0.2) is 0 Å². The molecule has 0 bridgehead atoms. The van der Waals surface area contributed by atoms with Crippen molar-refractivity contribution in [2.24, 2.45) is 0 Å². The molecule has 0 saturated carbocycles. The van der Waals surface area contributed by atoms with Gasteiger partial charge in [0.1, 0.15) is 0 Å². The van der Waals surface area contributed by atoms with Crippen LogP contribution in [0, 0.1) is 0 Å². The van der Waals surface area contributed by atoms with Crippen LogP contribution < -0.4 is 5.32 Å². The molecule has 0 atom stereocenters. The second-order valence-electron chi connectivity index (χ2n) is 2.78. The summed E-state index contributed by atoms with van der Waals surface area (Å²) in [6.07, 6.45) is -4.40. The summed E-state index contributed by atoms with van der Waals surface area (Å²) >= 11 is 3.69. The van der Waals surface area contributed by atoms with Crippen molar-refractivity contribution in [2.45, 2.75) is 6.18 Å². The van der Waals surface area contributed by atoms with Gasteiger partial charge in [0.2, 0.25) is 5.91 Å². The molecule has 0 aliphatic heterocycles. The van der Waals surface area contributed by atoms with Crippen LogP contribution in [0.25, 0.3) is 0 Å². The van der Waals surface area contributed by atoms with E-state index in [2.05, 4.69) is 17.9 Å². The zero-order valence-corrected chi connectivity index (χ0v) is 8.40. The van der Waals surface area contributed by atoms with Crippen LogP contribution in [0.2, 0.25) is 0 Å². The minimum atomic E-state index is -4.40. The smallest absolute Gasteiger partial charge is 0.325 e. The first-order chi connectivity index (χ1) is 6.93. The Labute approximate surface area is 89.9 Å². The molecule has 1 N–H and O–H groups in total. The van der Waals surface area contributed by atoms with Crippen LogP contribution in [0.4, 0.5) is 18.9 Å². The second-order valence-corrected chi connectivity index (χ2v) is 3.10. The molecule has 0 saturated heterocycles. The van der Waals surface area contributed by atoms with Gasteiger partial charge in [0.05, 0.1) is 11.3 Å². The van der Waals surface area contributed by atoms with Gasteiger partial charge in [0.15, 0.2) is 0 Å². The molecular weight excluding hydrogens is 227 g/mol. The Bertz CT molecular complexity index is 365. The minimum Gasteiger partial charge on any atom is -0.325 e. The standard InChI is InChI=1S/C9H8F3NOS/c10-9(11,12)6-2-1-3-7(4-6)13-8(14)5-15/h1-4,15H,5H2,(H,13,14). The average molecular weight is 235 g/mol. The van der Waals surface area contributed by atoms with Crippen LogP contribution in [0.15, 0.2) is 24.3 Å². The van der Waals surface area contributed by atoms with Gasteiger partial charge in [0, 0.05) is 5.69 Å². The summed E-state index contributed by atoms with van der Waals surface area (Å²) in [6, 6.07) is 4.44. The fourth-order valence-electron chi connectivity index (χ4n) is 0.974. The van der Waals surface area contributed by atoms with Crippen molar-refractivity contribution < 1.29 is 18.0 Å². The first-order valence-corrected chi connectivity index (χ1v) is 4.64. The fourth-order valence-corrected chi connectivity index (χ4v) is 1.05. The Morgan fingerprint density at radius 2 is 2.07 bits per heavy atom. The Hall–Kier alpha value is -1.17. The Morgan fingerprint density at radius 1 is 1.40 bits per heavy atom. The van der Waals surface area contributed by atoms with E-state index in [1.54, 1.807) is 0 Å². The van der Waals surface area contributed by atoms with E-state index >= 15 is 0 Å². The summed E-state index contributed by atoms with van der Waals surface area (Å²) in [7, 11) is 0. The number of thiol groups is 1. The lowest BCUT2D eigenvalue weighted by Crippen LogP contribution is -2.13. The Morgan fingerprint density at radius 3 is 2.60 bits per heavy atom. The van der Waals surface area contributed by atoms with Crippen molar-refractivity contribution in [1.29, 1.82) is 0 Å². The predicted octanol–water partition coefficient (Wildman–Crippen LogP) is 2.57. The maximum atomic E-state index is 12.3. The molecule has 82 valence electrons. The van der Waals surface area contributed by atoms with Crippen molar-refractivity contribution in [3.8, 4) is 0 Å². The summed E-state index contributed by atoms with van der Waals surface area (Å²) in [5.74, 6) is -0.520. The molecule has 0 radical (unpaired) electrons.